The van der Waals surface area contributed by atoms with Crippen molar-refractivity contribution in [2.45, 2.75) is 57.1 Å². The number of rotatable bonds is 6. The maximum atomic E-state index is 13.4. The Morgan fingerprint density at radius 1 is 1.07 bits per heavy atom. The number of carbonyl (C=O) groups is 1. The lowest BCUT2D eigenvalue weighted by Gasteiger charge is -2.28. The van der Waals surface area contributed by atoms with Gasteiger partial charge in [0.1, 0.15) is 0 Å². The summed E-state index contributed by atoms with van der Waals surface area (Å²) in [7, 11) is 1.63. The molecule has 1 aliphatic heterocycles. The smallest absolute Gasteiger partial charge is 0.259 e. The van der Waals surface area contributed by atoms with Crippen molar-refractivity contribution in [3.05, 3.63) is 47.5 Å². The molecular formula is C24H28N2O3. The van der Waals surface area contributed by atoms with Crippen molar-refractivity contribution in [2.24, 2.45) is 5.92 Å². The van der Waals surface area contributed by atoms with E-state index in [4.69, 9.17) is 15.2 Å². The number of methoxy groups -OCH3 is 1. The Labute approximate surface area is 171 Å². The molecule has 5 nitrogen and oxygen atoms in total. The fourth-order valence-corrected chi connectivity index (χ4v) is 4.78. The molecule has 0 spiro atoms. The molecule has 5 rings (SSSR count). The second-order valence-electron chi connectivity index (χ2n) is 8.54. The van der Waals surface area contributed by atoms with Crippen molar-refractivity contribution in [3.63, 3.8) is 0 Å². The molecule has 0 aromatic heterocycles. The zero-order chi connectivity index (χ0) is 20.0. The van der Waals surface area contributed by atoms with E-state index in [0.29, 0.717) is 23.1 Å². The number of ether oxygens (including phenoxy) is 2. The molecule has 3 aliphatic rings. The van der Waals surface area contributed by atoms with Gasteiger partial charge in [0.15, 0.2) is 11.5 Å². The molecule has 2 aliphatic carbocycles. The van der Waals surface area contributed by atoms with E-state index in [1.165, 1.54) is 25.7 Å². The zero-order valence-electron chi connectivity index (χ0n) is 16.9. The molecule has 29 heavy (non-hydrogen) atoms. The van der Waals surface area contributed by atoms with Crippen LogP contribution in [0.2, 0.25) is 0 Å². The summed E-state index contributed by atoms with van der Waals surface area (Å²) in [5.74, 6) is 2.02. The van der Waals surface area contributed by atoms with Gasteiger partial charge < -0.3 is 15.2 Å². The number of carbonyl (C=O) groups excluding carboxylic acids is 1. The highest BCUT2D eigenvalue weighted by Crippen LogP contribution is 2.49. The molecular weight excluding hydrogens is 364 g/mol. The minimum Gasteiger partial charge on any atom is -0.493 e. The number of nitrogens with zero attached hydrogens (tertiary/aromatic N) is 1. The minimum absolute atomic E-state index is 0.0231. The summed E-state index contributed by atoms with van der Waals surface area (Å²) in [4.78, 5) is 15.3. The van der Waals surface area contributed by atoms with Crippen LogP contribution in [0.15, 0.2) is 36.4 Å². The van der Waals surface area contributed by atoms with Gasteiger partial charge in [-0.25, -0.2) is 0 Å². The third-order valence-electron chi connectivity index (χ3n) is 6.50. The molecule has 0 radical (unpaired) electrons. The maximum absolute atomic E-state index is 13.4. The molecule has 152 valence electrons. The molecule has 1 amide bonds. The Bertz CT molecular complexity index is 932. The highest BCUT2D eigenvalue weighted by Gasteiger charge is 2.41. The Balaban J connectivity index is 1.55. The Morgan fingerprint density at radius 3 is 2.55 bits per heavy atom. The van der Waals surface area contributed by atoms with Crippen LogP contribution in [0.5, 0.6) is 11.5 Å². The van der Waals surface area contributed by atoms with Gasteiger partial charge in [0, 0.05) is 17.7 Å². The summed E-state index contributed by atoms with van der Waals surface area (Å²) < 4.78 is 11.8. The summed E-state index contributed by atoms with van der Waals surface area (Å²) in [5, 5.41) is 0. The van der Waals surface area contributed by atoms with Crippen molar-refractivity contribution >= 4 is 17.3 Å². The molecule has 1 heterocycles. The monoisotopic (exact) mass is 392 g/mol. The fraction of sp³-hybridized carbons (Fsp3) is 0.458. The number of amides is 1. The van der Waals surface area contributed by atoms with E-state index < -0.39 is 0 Å². The predicted octanol–water partition coefficient (Wildman–Crippen LogP) is 5.10. The Morgan fingerprint density at radius 2 is 1.83 bits per heavy atom. The molecule has 1 atom stereocenters. The van der Waals surface area contributed by atoms with Crippen molar-refractivity contribution in [1.29, 1.82) is 0 Å². The molecule has 1 unspecified atom stereocenters. The van der Waals surface area contributed by atoms with Crippen molar-refractivity contribution < 1.29 is 14.3 Å². The number of hydrogen-bond acceptors (Lipinski definition) is 4. The van der Waals surface area contributed by atoms with Crippen LogP contribution < -0.4 is 20.1 Å². The summed E-state index contributed by atoms with van der Waals surface area (Å²) in [6, 6.07) is 11.7. The molecule has 0 bridgehead atoms. The molecule has 2 saturated carbocycles. The highest BCUT2D eigenvalue weighted by molar-refractivity contribution is 6.12. The normalized spacial score (nSPS) is 21.5. The molecule has 2 N–H and O–H groups in total. The fourth-order valence-electron chi connectivity index (χ4n) is 4.78. The van der Waals surface area contributed by atoms with E-state index in [1.807, 2.05) is 29.2 Å². The molecule has 5 heteroatoms. The minimum atomic E-state index is 0.0231. The highest BCUT2D eigenvalue weighted by atomic mass is 16.5. The average Bonchev–Trinajstić information content (AvgIpc) is 3.33. The SMILES string of the molecule is COc1cc(N)c(N2C(=O)c3ccccc3C2CC2CC2)cc1OC1CCCC1. The number of anilines is 2. The quantitative estimate of drug-likeness (QED) is 0.695. The number of nitrogen functional groups attached to an aromatic ring is 1. The van der Waals surface area contributed by atoms with E-state index in [2.05, 4.69) is 6.07 Å². The molecule has 2 fully saturated rings. The first-order chi connectivity index (χ1) is 14.2. The van der Waals surface area contributed by atoms with E-state index in [9.17, 15) is 4.79 Å². The van der Waals surface area contributed by atoms with Crippen molar-refractivity contribution in [3.8, 4) is 11.5 Å². The van der Waals surface area contributed by atoms with Crippen LogP contribution in [-0.4, -0.2) is 19.1 Å². The third kappa shape index (κ3) is 3.33. The molecule has 2 aromatic carbocycles. The Kier molecular flexibility index (Phi) is 4.61. The van der Waals surface area contributed by atoms with Crippen molar-refractivity contribution in [1.82, 2.24) is 0 Å². The molecule has 0 saturated heterocycles. The summed E-state index contributed by atoms with van der Waals surface area (Å²) >= 11 is 0. The summed E-state index contributed by atoms with van der Waals surface area (Å²) in [6.07, 6.45) is 8.17. The van der Waals surface area contributed by atoms with E-state index >= 15 is 0 Å². The number of nitrogens with two attached hydrogens (primary N) is 1. The standard InChI is InChI=1S/C24H28N2O3/c1-28-22-13-19(25)21(14-23(22)29-16-6-2-3-7-16)26-20(12-15-10-11-15)17-8-4-5-9-18(17)24(26)27/h4-5,8-9,13-16,20H,2-3,6-7,10-12,25H2,1H3. The van der Waals surface area contributed by atoms with Crippen LogP contribution in [0.3, 0.4) is 0 Å². The second-order valence-corrected chi connectivity index (χ2v) is 8.54. The first-order valence-electron chi connectivity index (χ1n) is 10.7. The van der Waals surface area contributed by atoms with Gasteiger partial charge in [0.25, 0.3) is 5.91 Å². The Hall–Kier alpha value is -2.69. The van der Waals surface area contributed by atoms with E-state index in [-0.39, 0.29) is 18.1 Å². The van der Waals surface area contributed by atoms with Gasteiger partial charge >= 0.3 is 0 Å². The van der Waals surface area contributed by atoms with Crippen LogP contribution in [0.25, 0.3) is 0 Å². The van der Waals surface area contributed by atoms with E-state index in [0.717, 1.165) is 36.1 Å². The second kappa shape index (κ2) is 7.29. The van der Waals surface area contributed by atoms with Gasteiger partial charge in [-0.1, -0.05) is 31.0 Å². The number of fused-ring (bicyclic) bond motifs is 1. The van der Waals surface area contributed by atoms with Crippen molar-refractivity contribution in [2.75, 3.05) is 17.7 Å². The van der Waals surface area contributed by atoms with Gasteiger partial charge in [0.2, 0.25) is 0 Å². The largest absolute Gasteiger partial charge is 0.493 e. The summed E-state index contributed by atoms with van der Waals surface area (Å²) in [5.41, 5.74) is 9.59. The topological polar surface area (TPSA) is 64.8 Å². The zero-order valence-corrected chi connectivity index (χ0v) is 16.9. The van der Waals surface area contributed by atoms with Gasteiger partial charge in [-0.3, -0.25) is 9.69 Å². The predicted molar refractivity (Wildman–Crippen MR) is 114 cm³/mol. The van der Waals surface area contributed by atoms with Gasteiger partial charge in [-0.05, 0) is 49.7 Å². The lowest BCUT2D eigenvalue weighted by atomic mass is 10.00. The van der Waals surface area contributed by atoms with Crippen LogP contribution >= 0.6 is 0 Å². The van der Waals surface area contributed by atoms with Gasteiger partial charge in [-0.15, -0.1) is 0 Å². The first-order valence-corrected chi connectivity index (χ1v) is 10.7. The first kappa shape index (κ1) is 18.3. The number of benzene rings is 2. The van der Waals surface area contributed by atoms with Crippen LogP contribution in [0.4, 0.5) is 11.4 Å². The van der Waals surface area contributed by atoms with Gasteiger partial charge in [0.05, 0.1) is 30.6 Å². The van der Waals surface area contributed by atoms with Crippen LogP contribution in [-0.2, 0) is 0 Å². The third-order valence-corrected chi connectivity index (χ3v) is 6.50. The lowest BCUT2D eigenvalue weighted by molar-refractivity contribution is 0.0990. The maximum Gasteiger partial charge on any atom is 0.259 e. The average molecular weight is 392 g/mol. The summed E-state index contributed by atoms with van der Waals surface area (Å²) in [6.45, 7) is 0. The molecule has 2 aromatic rings. The van der Waals surface area contributed by atoms with Crippen LogP contribution in [0.1, 0.15) is 66.9 Å². The van der Waals surface area contributed by atoms with E-state index in [1.54, 1.807) is 13.2 Å². The van der Waals surface area contributed by atoms with Gasteiger partial charge in [-0.2, -0.15) is 0 Å². The lowest BCUT2D eigenvalue weighted by Crippen LogP contribution is -2.29. The van der Waals surface area contributed by atoms with Crippen LogP contribution in [0, 0.1) is 5.92 Å². The number of hydrogen-bond donors (Lipinski definition) is 1.